The van der Waals surface area contributed by atoms with Crippen molar-refractivity contribution in [2.75, 3.05) is 0 Å². The summed E-state index contributed by atoms with van der Waals surface area (Å²) in [4.78, 5) is 4.42. The molecule has 0 unspecified atom stereocenters. The third-order valence-electron chi connectivity index (χ3n) is 2.87. The molecule has 0 spiro atoms. The van der Waals surface area contributed by atoms with Crippen LogP contribution in [0.4, 0.5) is 0 Å². The Morgan fingerprint density at radius 3 is 2.93 bits per heavy atom. The van der Waals surface area contributed by atoms with E-state index in [4.69, 9.17) is 0 Å². The standard InChI is InChI=1S/C11H15N3/c1-4-11(2,3)10-7-9-5-6-13-14(9)8-12-10/h5-8H,4H2,1-3H3. The SMILES string of the molecule is CCC(C)(C)c1cc2ccnn2cn1. The molecular formula is C11H15N3. The van der Waals surface area contributed by atoms with Crippen LogP contribution in [0.2, 0.25) is 0 Å². The molecule has 3 heteroatoms. The van der Waals surface area contributed by atoms with Crippen LogP contribution in [0.25, 0.3) is 5.52 Å². The normalized spacial score (nSPS) is 12.2. The molecule has 0 amide bonds. The first-order chi connectivity index (χ1) is 6.63. The number of aromatic nitrogens is 3. The van der Waals surface area contributed by atoms with Gasteiger partial charge >= 0.3 is 0 Å². The van der Waals surface area contributed by atoms with Gasteiger partial charge in [0, 0.05) is 11.1 Å². The Hall–Kier alpha value is -1.38. The molecule has 3 nitrogen and oxygen atoms in total. The van der Waals surface area contributed by atoms with E-state index in [0.29, 0.717) is 0 Å². The van der Waals surface area contributed by atoms with Crippen molar-refractivity contribution >= 4 is 5.52 Å². The van der Waals surface area contributed by atoms with Crippen molar-refractivity contribution in [2.24, 2.45) is 0 Å². The van der Waals surface area contributed by atoms with Crippen molar-refractivity contribution in [1.82, 2.24) is 14.6 Å². The van der Waals surface area contributed by atoms with Crippen LogP contribution < -0.4 is 0 Å². The van der Waals surface area contributed by atoms with Gasteiger partial charge < -0.3 is 0 Å². The minimum atomic E-state index is 0.145. The monoisotopic (exact) mass is 189 g/mol. The molecule has 0 aliphatic rings. The van der Waals surface area contributed by atoms with Crippen LogP contribution in [0.3, 0.4) is 0 Å². The Bertz CT molecular complexity index is 442. The van der Waals surface area contributed by atoms with E-state index in [1.807, 2.05) is 6.07 Å². The maximum absolute atomic E-state index is 4.42. The molecule has 0 atom stereocenters. The van der Waals surface area contributed by atoms with Gasteiger partial charge in [0.05, 0.1) is 11.7 Å². The molecule has 0 radical (unpaired) electrons. The second kappa shape index (κ2) is 3.08. The Morgan fingerprint density at radius 1 is 1.43 bits per heavy atom. The highest BCUT2D eigenvalue weighted by Crippen LogP contribution is 2.25. The van der Waals surface area contributed by atoms with Crippen molar-refractivity contribution in [3.63, 3.8) is 0 Å². The van der Waals surface area contributed by atoms with E-state index < -0.39 is 0 Å². The quantitative estimate of drug-likeness (QED) is 0.726. The molecule has 2 heterocycles. The third-order valence-corrected chi connectivity index (χ3v) is 2.87. The maximum Gasteiger partial charge on any atom is 0.117 e. The lowest BCUT2D eigenvalue weighted by Gasteiger charge is -2.21. The second-order valence-electron chi connectivity index (χ2n) is 4.21. The molecule has 0 bridgehead atoms. The fraction of sp³-hybridized carbons (Fsp3) is 0.455. The van der Waals surface area contributed by atoms with Crippen LogP contribution in [0.5, 0.6) is 0 Å². The van der Waals surface area contributed by atoms with Gasteiger partial charge in [-0.3, -0.25) is 0 Å². The molecule has 0 aliphatic heterocycles. The van der Waals surface area contributed by atoms with Gasteiger partial charge in [0.2, 0.25) is 0 Å². The first-order valence-corrected chi connectivity index (χ1v) is 4.93. The zero-order chi connectivity index (χ0) is 10.2. The highest BCUT2D eigenvalue weighted by Gasteiger charge is 2.19. The van der Waals surface area contributed by atoms with E-state index in [0.717, 1.165) is 17.6 Å². The average molecular weight is 189 g/mol. The van der Waals surface area contributed by atoms with E-state index in [2.05, 4.69) is 36.9 Å². The third kappa shape index (κ3) is 1.39. The fourth-order valence-electron chi connectivity index (χ4n) is 1.38. The van der Waals surface area contributed by atoms with Crippen molar-refractivity contribution in [3.8, 4) is 0 Å². The van der Waals surface area contributed by atoms with Gasteiger partial charge in [-0.1, -0.05) is 20.8 Å². The molecule has 0 saturated heterocycles. The lowest BCUT2D eigenvalue weighted by Crippen LogP contribution is -2.17. The van der Waals surface area contributed by atoms with Crippen LogP contribution in [0.15, 0.2) is 24.7 Å². The average Bonchev–Trinajstić information content (AvgIpc) is 2.64. The largest absolute Gasteiger partial charge is 0.241 e. The van der Waals surface area contributed by atoms with Crippen molar-refractivity contribution in [3.05, 3.63) is 30.4 Å². The number of nitrogens with zero attached hydrogens (tertiary/aromatic N) is 3. The van der Waals surface area contributed by atoms with Gasteiger partial charge in [0.1, 0.15) is 6.33 Å². The van der Waals surface area contributed by atoms with Gasteiger partial charge in [-0.2, -0.15) is 5.10 Å². The number of fused-ring (bicyclic) bond motifs is 1. The second-order valence-corrected chi connectivity index (χ2v) is 4.21. The summed E-state index contributed by atoms with van der Waals surface area (Å²) in [7, 11) is 0. The summed E-state index contributed by atoms with van der Waals surface area (Å²) in [5.74, 6) is 0. The van der Waals surface area contributed by atoms with Gasteiger partial charge in [0.25, 0.3) is 0 Å². The van der Waals surface area contributed by atoms with E-state index in [1.54, 1.807) is 17.0 Å². The Labute approximate surface area is 83.8 Å². The van der Waals surface area contributed by atoms with Crippen LogP contribution in [0, 0.1) is 0 Å². The van der Waals surface area contributed by atoms with E-state index in [1.165, 1.54) is 0 Å². The Balaban J connectivity index is 2.53. The highest BCUT2D eigenvalue weighted by atomic mass is 15.2. The lowest BCUT2D eigenvalue weighted by atomic mass is 9.86. The van der Waals surface area contributed by atoms with E-state index >= 15 is 0 Å². The van der Waals surface area contributed by atoms with Gasteiger partial charge in [0.15, 0.2) is 0 Å². The summed E-state index contributed by atoms with van der Waals surface area (Å²) in [5.41, 5.74) is 2.39. The molecule has 14 heavy (non-hydrogen) atoms. The van der Waals surface area contributed by atoms with E-state index in [-0.39, 0.29) is 5.41 Å². The minimum Gasteiger partial charge on any atom is -0.241 e. The Kier molecular flexibility index (Phi) is 2.02. The van der Waals surface area contributed by atoms with Crippen LogP contribution in [-0.2, 0) is 5.41 Å². The van der Waals surface area contributed by atoms with Crippen molar-refractivity contribution in [1.29, 1.82) is 0 Å². The molecule has 2 aromatic rings. The predicted octanol–water partition coefficient (Wildman–Crippen LogP) is 2.42. The summed E-state index contributed by atoms with van der Waals surface area (Å²) >= 11 is 0. The first kappa shape index (κ1) is 9.19. The summed E-state index contributed by atoms with van der Waals surface area (Å²) in [5, 5.41) is 4.12. The summed E-state index contributed by atoms with van der Waals surface area (Å²) in [6.45, 7) is 6.60. The number of rotatable bonds is 2. The van der Waals surface area contributed by atoms with Crippen LogP contribution >= 0.6 is 0 Å². The molecule has 2 rings (SSSR count). The molecule has 0 saturated carbocycles. The zero-order valence-electron chi connectivity index (χ0n) is 8.86. The fourth-order valence-corrected chi connectivity index (χ4v) is 1.38. The first-order valence-electron chi connectivity index (χ1n) is 4.93. The van der Waals surface area contributed by atoms with E-state index in [9.17, 15) is 0 Å². The summed E-state index contributed by atoms with van der Waals surface area (Å²) in [6.07, 6.45) is 4.66. The van der Waals surface area contributed by atoms with Crippen LogP contribution in [0.1, 0.15) is 32.9 Å². The van der Waals surface area contributed by atoms with Crippen LogP contribution in [-0.4, -0.2) is 14.6 Å². The molecular weight excluding hydrogens is 174 g/mol. The number of hydrogen-bond donors (Lipinski definition) is 0. The summed E-state index contributed by atoms with van der Waals surface area (Å²) < 4.78 is 1.79. The van der Waals surface area contributed by atoms with Crippen molar-refractivity contribution in [2.45, 2.75) is 32.6 Å². The van der Waals surface area contributed by atoms with Gasteiger partial charge in [-0.05, 0) is 18.6 Å². The highest BCUT2D eigenvalue weighted by molar-refractivity contribution is 5.46. The topological polar surface area (TPSA) is 30.2 Å². The zero-order valence-corrected chi connectivity index (χ0v) is 8.86. The van der Waals surface area contributed by atoms with Gasteiger partial charge in [-0.15, -0.1) is 0 Å². The Morgan fingerprint density at radius 2 is 2.21 bits per heavy atom. The molecule has 0 aromatic carbocycles. The van der Waals surface area contributed by atoms with Gasteiger partial charge in [-0.25, -0.2) is 9.50 Å². The summed E-state index contributed by atoms with van der Waals surface area (Å²) in [6, 6.07) is 4.10. The molecule has 0 aliphatic carbocycles. The molecule has 74 valence electrons. The van der Waals surface area contributed by atoms with Crippen molar-refractivity contribution < 1.29 is 0 Å². The minimum absolute atomic E-state index is 0.145. The molecule has 0 N–H and O–H groups in total. The lowest BCUT2D eigenvalue weighted by molar-refractivity contribution is 0.489. The predicted molar refractivity (Wildman–Crippen MR) is 56.3 cm³/mol. The maximum atomic E-state index is 4.42. The number of hydrogen-bond acceptors (Lipinski definition) is 2. The molecule has 0 fully saturated rings. The molecule has 2 aromatic heterocycles. The smallest absolute Gasteiger partial charge is 0.117 e.